The lowest BCUT2D eigenvalue weighted by molar-refractivity contribution is -0.149. The number of rotatable bonds is 26. The van der Waals surface area contributed by atoms with Crippen LogP contribution in [-0.4, -0.2) is 271 Å². The summed E-state index contributed by atoms with van der Waals surface area (Å²) in [5.74, 6) is -20.2. The molecule has 2 heterocycles. The average molecular weight is 1850 g/mol. The fraction of sp³-hybridized carbons (Fsp3) is 0.421. The van der Waals surface area contributed by atoms with E-state index in [-0.39, 0.29) is 56.4 Å². The highest BCUT2D eigenvalue weighted by atomic mass is 32.2. The van der Waals surface area contributed by atoms with E-state index in [0.717, 1.165) is 38.4 Å². The number of primary amides is 1. The van der Waals surface area contributed by atoms with Crippen LogP contribution in [0, 0.1) is 11.8 Å². The predicted octanol–water partition coefficient (Wildman–Crippen LogP) is 2.22. The maximum absolute atomic E-state index is 15.8. The zero-order valence-corrected chi connectivity index (χ0v) is 76.6. The molecule has 133 heavy (non-hydrogen) atoms. The number of aromatic hydroxyl groups is 2. The zero-order valence-electron chi connectivity index (χ0n) is 75.8. The van der Waals surface area contributed by atoms with Gasteiger partial charge in [-0.2, -0.15) is 0 Å². The molecule has 1 aromatic heterocycles. The summed E-state index contributed by atoms with van der Waals surface area (Å²) in [6, 6.07) is 23.8. The SMILES string of the molecule is CCCC[C@H]1C(=O)NCC(=O)N[C@@H](CC(=O)O)C(=O)N[C@@H](C(C)C)C(=O)N(C)[C@@H](Cc2ccccc2)C(=O)N[C@@H](Cc2ccc(O)cc2)C(=O)N(C)[C@@H](CCC(=O)O)C(=O)N[C@@H](Cc2c[nH]c3ccccc23)C(=O)N[C@@H](Cc2ccc(O)cc2)C(=O)N[C@@H](CC(C)C)C(=O)N[C@H](C(=O)NCC(N)=O)CSCC(=O)N[C@@H](Cc2ccccc2)C(=O)N(C)[C@@H](Cc2ccccc2)C(=O)N1C. The maximum Gasteiger partial charge on any atom is 0.305 e. The minimum absolute atomic E-state index is 0.00139. The number of unbranched alkanes of at least 4 members (excludes halogenated alkanes) is 1. The Morgan fingerprint density at radius 2 is 0.895 bits per heavy atom. The molecule has 0 aliphatic carbocycles. The van der Waals surface area contributed by atoms with Crippen LogP contribution in [-0.2, 0) is 120 Å². The highest BCUT2D eigenvalue weighted by Gasteiger charge is 2.43. The van der Waals surface area contributed by atoms with E-state index in [1.54, 1.807) is 135 Å². The molecule has 38 heteroatoms. The number of carboxylic acids is 2. The van der Waals surface area contributed by atoms with E-state index in [2.05, 4.69) is 58.2 Å². The molecule has 0 bridgehead atoms. The van der Waals surface area contributed by atoms with Crippen molar-refractivity contribution in [3.05, 3.63) is 203 Å². The Labute approximate surface area is 774 Å². The standard InChI is InChI=1S/C95H120N16O21S/c1-10-11-31-74-89(126)99-52-79(115)100-70(49-82(119)120)88(125)107-83(56(4)5)95(132)110(8)76(46-58-25-17-13-18-26-58)91(128)105-72(45-61-34-38-64(113)39-35-61)93(130)108(6)75(40-41-81(117)118)90(127)104-69(48-62-50-97-66-30-22-21-29-65(62)66)87(124)103-68(43-60-32-36-63(112)37-33-60)86(123)102-67(42-55(2)3)85(122)106-73(84(121)98-51-78(96)114)53-133-54-80(116)101-71(44-57-23-15-12-16-24-57)92(129)111(9)77(94(131)109(74)7)47-59-27-19-14-20-28-59/h12-30,32-39,50,55-56,67-77,83,97,112-113H,10-11,31,40-49,51-54H2,1-9H3,(H2,96,114)(H,98,121)(H,99,126)(H,100,115)(H,101,116)(H,102,123)(H,103,124)(H,104,127)(H,105,128)(H,106,122)(H,107,125)(H,117,118)(H,119,120)/t67-,68-,69-,70-,71-,72-,73-,74-,75-,76-,77-,83-/m0/s1. The fourth-order valence-corrected chi connectivity index (χ4v) is 16.2. The van der Waals surface area contributed by atoms with Crippen molar-refractivity contribution in [2.24, 2.45) is 17.6 Å². The lowest BCUT2D eigenvalue weighted by atomic mass is 9.98. The number of nitrogens with two attached hydrogens (primary N) is 1. The summed E-state index contributed by atoms with van der Waals surface area (Å²) in [4.78, 5) is 256. The second kappa shape index (κ2) is 50.8. The number of hydrogen-bond acceptors (Lipinski definition) is 20. The van der Waals surface area contributed by atoms with Crippen LogP contribution in [0.4, 0.5) is 0 Å². The summed E-state index contributed by atoms with van der Waals surface area (Å²) < 4.78 is 0. The number of thioether (sulfide) groups is 1. The van der Waals surface area contributed by atoms with E-state index >= 15 is 43.2 Å². The first kappa shape index (κ1) is 104. The van der Waals surface area contributed by atoms with Crippen molar-refractivity contribution in [1.29, 1.82) is 0 Å². The highest BCUT2D eigenvalue weighted by Crippen LogP contribution is 2.25. The molecule has 0 spiro atoms. The van der Waals surface area contributed by atoms with Crippen LogP contribution in [0.25, 0.3) is 10.9 Å². The minimum Gasteiger partial charge on any atom is -0.508 e. The first-order chi connectivity index (χ1) is 63.3. The van der Waals surface area contributed by atoms with Gasteiger partial charge in [0.25, 0.3) is 0 Å². The van der Waals surface area contributed by atoms with Crippen molar-refractivity contribution in [3.8, 4) is 11.5 Å². The van der Waals surface area contributed by atoms with Gasteiger partial charge in [0.05, 0.1) is 25.3 Å². The van der Waals surface area contributed by atoms with Crippen molar-refractivity contribution in [2.45, 2.75) is 191 Å². The normalized spacial score (nSPS) is 22.1. The molecule has 712 valence electrons. The number of para-hydroxylation sites is 1. The van der Waals surface area contributed by atoms with Gasteiger partial charge >= 0.3 is 11.9 Å². The molecule has 37 nitrogen and oxygen atoms in total. The number of aromatic nitrogens is 1. The van der Waals surface area contributed by atoms with E-state index in [1.165, 1.54) is 83.5 Å². The van der Waals surface area contributed by atoms with Gasteiger partial charge in [-0.05, 0) is 94.8 Å². The Kier molecular flexibility index (Phi) is 39.8. The van der Waals surface area contributed by atoms with Gasteiger partial charge in [-0.25, -0.2) is 0 Å². The number of carbonyl (C=O) groups is 17. The lowest BCUT2D eigenvalue weighted by Gasteiger charge is -2.36. The maximum atomic E-state index is 15.8. The Balaban J connectivity index is 1.24. The van der Waals surface area contributed by atoms with Gasteiger partial charge < -0.3 is 104 Å². The summed E-state index contributed by atoms with van der Waals surface area (Å²) in [5, 5.41) is 68.2. The summed E-state index contributed by atoms with van der Waals surface area (Å²) in [7, 11) is 5.08. The van der Waals surface area contributed by atoms with Gasteiger partial charge in [-0.1, -0.05) is 181 Å². The van der Waals surface area contributed by atoms with E-state index < -0.39 is 235 Å². The smallest absolute Gasteiger partial charge is 0.305 e. The van der Waals surface area contributed by atoms with Gasteiger partial charge in [0.1, 0.15) is 84.0 Å². The van der Waals surface area contributed by atoms with Crippen molar-refractivity contribution in [2.75, 3.05) is 52.8 Å². The highest BCUT2D eigenvalue weighted by molar-refractivity contribution is 8.00. The van der Waals surface area contributed by atoms with E-state index in [4.69, 9.17) is 5.73 Å². The van der Waals surface area contributed by atoms with Crippen molar-refractivity contribution in [1.82, 2.24) is 77.8 Å². The van der Waals surface area contributed by atoms with Crippen LogP contribution in [0.3, 0.4) is 0 Å². The number of nitrogens with one attached hydrogen (secondary N) is 11. The summed E-state index contributed by atoms with van der Waals surface area (Å²) in [6.45, 7) is 6.71. The molecule has 1 fully saturated rings. The predicted molar refractivity (Wildman–Crippen MR) is 493 cm³/mol. The monoisotopic (exact) mass is 1850 g/mol. The molecule has 6 aromatic carbocycles. The molecule has 1 aliphatic heterocycles. The first-order valence-corrected chi connectivity index (χ1v) is 45.0. The van der Waals surface area contributed by atoms with Gasteiger partial charge in [-0.3, -0.25) is 81.5 Å². The molecule has 0 unspecified atom stereocenters. The van der Waals surface area contributed by atoms with Crippen LogP contribution < -0.4 is 58.9 Å². The topological polar surface area (TPSA) is 546 Å². The number of carbonyl (C=O) groups excluding carboxylic acids is 15. The Morgan fingerprint density at radius 1 is 0.451 bits per heavy atom. The number of amides is 15. The quantitative estimate of drug-likeness (QED) is 0.0369. The third-order valence-corrected chi connectivity index (χ3v) is 23.8. The molecule has 7 aromatic rings. The van der Waals surface area contributed by atoms with E-state index in [0.29, 0.717) is 57.1 Å². The average Bonchev–Trinajstić information content (AvgIpc) is 1.81. The molecule has 17 N–H and O–H groups in total. The number of benzene rings is 6. The van der Waals surface area contributed by atoms with Crippen molar-refractivity contribution < 1.29 is 102 Å². The minimum atomic E-state index is -1.95. The molecule has 15 amide bonds. The summed E-state index contributed by atoms with van der Waals surface area (Å²) in [5.41, 5.74) is 8.74. The number of fused-ring (bicyclic) bond motifs is 1. The summed E-state index contributed by atoms with van der Waals surface area (Å²) >= 11 is 0.805. The third-order valence-electron chi connectivity index (χ3n) is 22.7. The molecule has 8 rings (SSSR count). The molecule has 1 saturated heterocycles. The number of likely N-dealkylation sites (N-methyl/N-ethyl adjacent to an activating group) is 4. The van der Waals surface area contributed by atoms with Gasteiger partial charge in [0.15, 0.2) is 0 Å². The van der Waals surface area contributed by atoms with Crippen LogP contribution in [0.5, 0.6) is 11.5 Å². The van der Waals surface area contributed by atoms with Crippen LogP contribution in [0.15, 0.2) is 170 Å². The lowest BCUT2D eigenvalue weighted by Crippen LogP contribution is -2.62. The molecule has 12 atom stereocenters. The van der Waals surface area contributed by atoms with Gasteiger partial charge in [0, 0.05) is 96.0 Å². The van der Waals surface area contributed by atoms with Gasteiger partial charge in [0.2, 0.25) is 88.6 Å². The van der Waals surface area contributed by atoms with E-state index in [1.807, 2.05) is 6.92 Å². The summed E-state index contributed by atoms with van der Waals surface area (Å²) in [6.07, 6.45) is -1.95. The largest absolute Gasteiger partial charge is 0.508 e. The third kappa shape index (κ3) is 31.8. The van der Waals surface area contributed by atoms with Crippen LogP contribution in [0.1, 0.15) is 113 Å². The number of nitrogens with zero attached hydrogens (tertiary/aromatic N) is 4. The molecular weight excluding hydrogens is 1730 g/mol. The number of hydrogen-bond donors (Lipinski definition) is 16. The number of aromatic amines is 1. The van der Waals surface area contributed by atoms with E-state index in [9.17, 15) is 58.8 Å². The number of carboxylic acid groups (broad SMARTS) is 2. The Morgan fingerprint density at radius 3 is 1.44 bits per heavy atom. The second-order valence-electron chi connectivity index (χ2n) is 33.7. The second-order valence-corrected chi connectivity index (χ2v) is 34.8. The van der Waals surface area contributed by atoms with Gasteiger partial charge in [-0.15, -0.1) is 11.8 Å². The number of H-pyrrole nitrogens is 1. The Hall–Kier alpha value is -14.2. The number of aliphatic carboxylic acids is 2. The van der Waals surface area contributed by atoms with Crippen molar-refractivity contribution in [3.63, 3.8) is 0 Å². The molecular formula is C95H120N16O21S. The zero-order chi connectivity index (χ0) is 97.3. The number of phenols is 2. The number of phenolic OH excluding ortho intramolecular Hbond substituents is 2. The molecule has 0 radical (unpaired) electrons. The molecule has 1 aliphatic rings. The van der Waals surface area contributed by atoms with Crippen molar-refractivity contribution >= 4 is 123 Å². The van der Waals surface area contributed by atoms with Crippen LogP contribution in [0.2, 0.25) is 0 Å². The first-order valence-electron chi connectivity index (χ1n) is 43.8. The fourth-order valence-electron chi connectivity index (χ4n) is 15.3. The molecule has 0 saturated carbocycles. The Bertz CT molecular complexity index is 5220. The van der Waals surface area contributed by atoms with Crippen LogP contribution >= 0.6 is 11.8 Å².